The first kappa shape index (κ1) is 34.0. The van der Waals surface area contributed by atoms with Gasteiger partial charge in [0.2, 0.25) is 5.56 Å². The standard InChI is InChI=1S/C39H44N4O6/c1-25(37(30-6-4-3-5-7-30)42-39(47)49-35-23-43-18-16-29(35)17-19-43)20-26(2)48-24-28-10-8-27(9-11-28)21-40-22-34(45)31-12-14-33(44)38-32(31)13-15-36(46)41-38/h3-15,20,29,34-35,37,40,44-45H,1,16-19,21-24H2,2H3,(H,41,46)(H,42,47). The van der Waals surface area contributed by atoms with Crippen molar-refractivity contribution in [1.29, 1.82) is 0 Å². The average molecular weight is 665 g/mol. The highest BCUT2D eigenvalue weighted by Crippen LogP contribution is 2.31. The number of carbonyl (C=O) groups is 1. The lowest BCUT2D eigenvalue weighted by atomic mass is 9.86. The number of nitrogens with zero attached hydrogens (tertiary/aromatic N) is 1. The fourth-order valence-corrected chi connectivity index (χ4v) is 6.72. The molecule has 2 bridgehead atoms. The number of nitrogens with one attached hydrogen (secondary N) is 3. The summed E-state index contributed by atoms with van der Waals surface area (Å²) in [6.45, 7) is 10.3. The maximum atomic E-state index is 13.1. The number of pyridine rings is 1. The average Bonchev–Trinajstić information content (AvgIpc) is 3.11. The Bertz CT molecular complexity index is 1850. The Balaban J connectivity index is 0.996. The predicted molar refractivity (Wildman–Crippen MR) is 189 cm³/mol. The van der Waals surface area contributed by atoms with Gasteiger partial charge in [0.25, 0.3) is 0 Å². The molecule has 1 amide bonds. The van der Waals surface area contributed by atoms with E-state index < -0.39 is 18.2 Å². The zero-order valence-electron chi connectivity index (χ0n) is 27.7. The second-order valence-electron chi connectivity index (χ2n) is 12.9. The van der Waals surface area contributed by atoms with Gasteiger partial charge in [-0.1, -0.05) is 67.2 Å². The van der Waals surface area contributed by atoms with Crippen molar-refractivity contribution < 1.29 is 24.5 Å². The number of fused-ring (bicyclic) bond motifs is 4. The SMILES string of the molecule is C=C(C=C(C)OCc1ccc(CNCC(O)c2ccc(O)c3[nH]c(=O)ccc23)cc1)C(NC(=O)OC1CN2CCC1CC2)c1ccccc1. The summed E-state index contributed by atoms with van der Waals surface area (Å²) in [7, 11) is 0. The van der Waals surface area contributed by atoms with Crippen LogP contribution in [0.25, 0.3) is 10.9 Å². The van der Waals surface area contributed by atoms with E-state index in [0.29, 0.717) is 46.9 Å². The van der Waals surface area contributed by atoms with Gasteiger partial charge in [0.15, 0.2) is 0 Å². The second-order valence-corrected chi connectivity index (χ2v) is 12.9. The molecule has 1 aromatic heterocycles. The molecule has 3 aliphatic rings. The van der Waals surface area contributed by atoms with Crippen molar-refractivity contribution in [3.05, 3.63) is 135 Å². The molecule has 3 unspecified atom stereocenters. The van der Waals surface area contributed by atoms with Gasteiger partial charge < -0.3 is 35.3 Å². The number of alkyl carbamates (subject to hydrolysis) is 1. The van der Waals surface area contributed by atoms with Crippen molar-refractivity contribution in [3.63, 3.8) is 0 Å². The minimum atomic E-state index is -0.835. The number of hydrogen-bond donors (Lipinski definition) is 5. The highest BCUT2D eigenvalue weighted by atomic mass is 16.6. The van der Waals surface area contributed by atoms with Crippen LogP contribution in [0.5, 0.6) is 5.75 Å². The van der Waals surface area contributed by atoms with Crippen molar-refractivity contribution in [1.82, 2.24) is 20.5 Å². The van der Waals surface area contributed by atoms with E-state index in [1.807, 2.05) is 67.6 Å². The molecule has 3 aromatic carbocycles. The topological polar surface area (TPSA) is 136 Å². The van der Waals surface area contributed by atoms with E-state index in [0.717, 1.165) is 49.2 Å². The van der Waals surface area contributed by atoms with E-state index in [-0.39, 0.29) is 24.0 Å². The third-order valence-electron chi connectivity index (χ3n) is 9.43. The van der Waals surface area contributed by atoms with E-state index in [2.05, 4.69) is 27.1 Å². The summed E-state index contributed by atoms with van der Waals surface area (Å²) in [6.07, 6.45) is 2.64. The highest BCUT2D eigenvalue weighted by Gasteiger charge is 2.36. The molecule has 3 saturated heterocycles. The third-order valence-corrected chi connectivity index (χ3v) is 9.43. The van der Waals surface area contributed by atoms with Crippen LogP contribution in [0, 0.1) is 5.92 Å². The van der Waals surface area contributed by atoms with Crippen LogP contribution in [0.15, 0.2) is 108 Å². The van der Waals surface area contributed by atoms with E-state index in [9.17, 15) is 19.8 Å². The third kappa shape index (κ3) is 8.58. The number of allylic oxidation sites excluding steroid dienone is 1. The first-order chi connectivity index (χ1) is 23.7. The van der Waals surface area contributed by atoms with E-state index in [1.165, 1.54) is 12.1 Å². The van der Waals surface area contributed by atoms with Crippen molar-refractivity contribution in [2.24, 2.45) is 5.92 Å². The van der Waals surface area contributed by atoms with Crippen molar-refractivity contribution >= 4 is 17.0 Å². The van der Waals surface area contributed by atoms with Gasteiger partial charge in [-0.05, 0) is 84.8 Å². The molecule has 0 saturated carbocycles. The summed E-state index contributed by atoms with van der Waals surface area (Å²) in [4.78, 5) is 29.7. The number of H-pyrrole nitrogens is 1. The van der Waals surface area contributed by atoms with Gasteiger partial charge in [0, 0.05) is 31.1 Å². The van der Waals surface area contributed by atoms with Gasteiger partial charge in [-0.15, -0.1) is 0 Å². The van der Waals surface area contributed by atoms with Gasteiger partial charge >= 0.3 is 6.09 Å². The summed E-state index contributed by atoms with van der Waals surface area (Å²) in [6, 6.07) is 23.4. The summed E-state index contributed by atoms with van der Waals surface area (Å²) in [5.74, 6) is 1.06. The Labute approximate surface area is 286 Å². The van der Waals surface area contributed by atoms with Gasteiger partial charge in [0.05, 0.1) is 23.4 Å². The van der Waals surface area contributed by atoms with Crippen LogP contribution in [0.4, 0.5) is 4.79 Å². The van der Waals surface area contributed by atoms with E-state index >= 15 is 0 Å². The number of carbonyl (C=O) groups excluding carboxylic acids is 1. The molecule has 3 aliphatic heterocycles. The summed E-state index contributed by atoms with van der Waals surface area (Å²) in [5, 5.41) is 27.8. The maximum absolute atomic E-state index is 13.1. The number of hydrogen-bond acceptors (Lipinski definition) is 8. The summed E-state index contributed by atoms with van der Waals surface area (Å²) < 4.78 is 12.0. The van der Waals surface area contributed by atoms with Crippen LogP contribution in [0.2, 0.25) is 0 Å². The minimum absolute atomic E-state index is 0.0404. The Morgan fingerprint density at radius 2 is 1.78 bits per heavy atom. The van der Waals surface area contributed by atoms with Crippen LogP contribution in [-0.2, 0) is 22.6 Å². The van der Waals surface area contributed by atoms with Crippen LogP contribution >= 0.6 is 0 Å². The Kier molecular flexibility index (Phi) is 10.8. The molecule has 4 heterocycles. The van der Waals surface area contributed by atoms with Gasteiger partial charge in [-0.3, -0.25) is 9.69 Å². The van der Waals surface area contributed by atoms with Gasteiger partial charge in [0.1, 0.15) is 18.5 Å². The fourth-order valence-electron chi connectivity index (χ4n) is 6.72. The lowest BCUT2D eigenvalue weighted by molar-refractivity contribution is -0.0336. The number of phenols is 1. The van der Waals surface area contributed by atoms with Crippen LogP contribution in [0.1, 0.15) is 54.2 Å². The quantitative estimate of drug-likeness (QED) is 0.0922. The molecule has 0 aliphatic carbocycles. The number of aromatic nitrogens is 1. The molecule has 3 atom stereocenters. The van der Waals surface area contributed by atoms with Crippen LogP contribution < -0.4 is 16.2 Å². The fraction of sp³-hybridized carbons (Fsp3) is 0.333. The van der Waals surface area contributed by atoms with Gasteiger partial charge in [-0.2, -0.15) is 0 Å². The molecule has 256 valence electrons. The van der Waals surface area contributed by atoms with Gasteiger partial charge in [-0.25, -0.2) is 4.79 Å². The number of amides is 1. The zero-order valence-corrected chi connectivity index (χ0v) is 27.7. The molecular formula is C39H44N4O6. The number of rotatable bonds is 13. The molecular weight excluding hydrogens is 620 g/mol. The first-order valence-electron chi connectivity index (χ1n) is 16.8. The molecule has 3 fully saturated rings. The molecule has 0 spiro atoms. The Morgan fingerprint density at radius 1 is 1.04 bits per heavy atom. The lowest BCUT2D eigenvalue weighted by Crippen LogP contribution is -2.52. The number of aromatic hydroxyl groups is 1. The summed E-state index contributed by atoms with van der Waals surface area (Å²) >= 11 is 0. The molecule has 10 nitrogen and oxygen atoms in total. The largest absolute Gasteiger partial charge is 0.506 e. The molecule has 0 radical (unpaired) electrons. The smallest absolute Gasteiger partial charge is 0.408 e. The molecule has 4 aromatic rings. The number of aromatic amines is 1. The zero-order chi connectivity index (χ0) is 34.3. The molecule has 49 heavy (non-hydrogen) atoms. The van der Waals surface area contributed by atoms with Crippen LogP contribution in [-0.4, -0.2) is 58.5 Å². The number of ether oxygens (including phenoxy) is 2. The maximum Gasteiger partial charge on any atom is 0.408 e. The Morgan fingerprint density at radius 3 is 2.49 bits per heavy atom. The molecule has 5 N–H and O–H groups in total. The van der Waals surface area contributed by atoms with Crippen LogP contribution in [0.3, 0.4) is 0 Å². The van der Waals surface area contributed by atoms with Crippen molar-refractivity contribution in [2.45, 2.75) is 51.2 Å². The molecule has 7 rings (SSSR count). The van der Waals surface area contributed by atoms with Crippen molar-refractivity contribution in [3.8, 4) is 5.75 Å². The minimum Gasteiger partial charge on any atom is -0.506 e. The first-order valence-corrected chi connectivity index (χ1v) is 16.8. The second kappa shape index (κ2) is 15.5. The predicted octanol–water partition coefficient (Wildman–Crippen LogP) is 5.60. The highest BCUT2D eigenvalue weighted by molar-refractivity contribution is 5.87. The number of aliphatic hydroxyl groups is 1. The number of phenolic OH excluding ortho intramolecular Hbond substituents is 1. The number of aliphatic hydroxyl groups excluding tert-OH is 1. The van der Waals surface area contributed by atoms with E-state index in [4.69, 9.17) is 9.47 Å². The van der Waals surface area contributed by atoms with Crippen molar-refractivity contribution in [2.75, 3.05) is 26.2 Å². The van der Waals surface area contributed by atoms with E-state index in [1.54, 1.807) is 12.1 Å². The normalized spacial score (nSPS) is 20.0. The number of benzene rings is 3. The Hall–Kier alpha value is -4.90. The number of piperidine rings is 3. The lowest BCUT2D eigenvalue weighted by Gasteiger charge is -2.43. The summed E-state index contributed by atoms with van der Waals surface area (Å²) in [5.41, 5.74) is 4.23. The molecule has 10 heteroatoms. The monoisotopic (exact) mass is 664 g/mol.